The summed E-state index contributed by atoms with van der Waals surface area (Å²) >= 11 is 0. The lowest BCUT2D eigenvalue weighted by Gasteiger charge is -2.39. The molecule has 0 aliphatic carbocycles. The lowest BCUT2D eigenvalue weighted by Crippen LogP contribution is -2.51. The third-order valence-corrected chi connectivity index (χ3v) is 5.22. The number of aliphatic imine (C=N–C) groups is 1. The van der Waals surface area contributed by atoms with Crippen molar-refractivity contribution in [3.8, 4) is 0 Å². The maximum Gasteiger partial charge on any atom is 0.193 e. The summed E-state index contributed by atoms with van der Waals surface area (Å²) < 4.78 is 5.32. The van der Waals surface area contributed by atoms with E-state index in [4.69, 9.17) is 4.74 Å². The highest BCUT2D eigenvalue weighted by atomic mass is 16.5. The number of hydrogen-bond donors (Lipinski definition) is 1. The summed E-state index contributed by atoms with van der Waals surface area (Å²) in [5.41, 5.74) is 2.91. The van der Waals surface area contributed by atoms with Gasteiger partial charge in [0.25, 0.3) is 0 Å². The van der Waals surface area contributed by atoms with Gasteiger partial charge in [-0.05, 0) is 37.0 Å². The molecule has 0 aromatic heterocycles. The maximum atomic E-state index is 5.32. The molecule has 0 saturated carbocycles. The topological polar surface area (TPSA) is 40.1 Å². The van der Waals surface area contributed by atoms with Crippen LogP contribution >= 0.6 is 0 Å². The van der Waals surface area contributed by atoms with E-state index in [-0.39, 0.29) is 5.41 Å². The van der Waals surface area contributed by atoms with Crippen molar-refractivity contribution in [2.75, 3.05) is 51.8 Å². The van der Waals surface area contributed by atoms with Crippen LogP contribution in [0, 0.1) is 5.41 Å². The lowest BCUT2D eigenvalue weighted by atomic mass is 9.89. The van der Waals surface area contributed by atoms with E-state index in [2.05, 4.69) is 58.3 Å². The standard InChI is InChI=1S/C20H32N4O/c1-20(15-25-16-20)14-22-19(21-2)23(3)13-17-7-9-18(10-8-17)24-11-5-4-6-12-24/h7-10H,4-6,11-16H2,1-3H3,(H,21,22). The van der Waals surface area contributed by atoms with Crippen molar-refractivity contribution < 1.29 is 4.74 Å². The molecule has 2 heterocycles. The first-order valence-corrected chi connectivity index (χ1v) is 9.43. The Kier molecular flexibility index (Phi) is 5.84. The minimum absolute atomic E-state index is 0.243. The van der Waals surface area contributed by atoms with Gasteiger partial charge < -0.3 is 19.9 Å². The summed E-state index contributed by atoms with van der Waals surface area (Å²) in [5, 5.41) is 3.48. The van der Waals surface area contributed by atoms with Gasteiger partial charge in [0.15, 0.2) is 5.96 Å². The molecule has 2 aliphatic heterocycles. The predicted octanol–water partition coefficient (Wildman–Crippen LogP) is 2.72. The van der Waals surface area contributed by atoms with Crippen molar-refractivity contribution in [1.29, 1.82) is 0 Å². The van der Waals surface area contributed by atoms with E-state index in [1.165, 1.54) is 43.6 Å². The minimum Gasteiger partial charge on any atom is -0.380 e. The minimum atomic E-state index is 0.243. The fourth-order valence-corrected chi connectivity index (χ4v) is 3.54. The van der Waals surface area contributed by atoms with Crippen LogP contribution in [0.15, 0.2) is 29.3 Å². The summed E-state index contributed by atoms with van der Waals surface area (Å²) in [4.78, 5) is 9.10. The Morgan fingerprint density at radius 2 is 1.88 bits per heavy atom. The van der Waals surface area contributed by atoms with E-state index >= 15 is 0 Å². The monoisotopic (exact) mass is 344 g/mol. The third-order valence-electron chi connectivity index (χ3n) is 5.22. The molecule has 0 bridgehead atoms. The van der Waals surface area contributed by atoms with Crippen LogP contribution < -0.4 is 10.2 Å². The predicted molar refractivity (Wildman–Crippen MR) is 104 cm³/mol. The molecule has 2 saturated heterocycles. The Morgan fingerprint density at radius 1 is 1.20 bits per heavy atom. The molecule has 2 aliphatic rings. The number of anilines is 1. The van der Waals surface area contributed by atoms with E-state index in [0.717, 1.165) is 32.3 Å². The second-order valence-electron chi connectivity index (χ2n) is 7.77. The van der Waals surface area contributed by atoms with Crippen LogP contribution in [0.3, 0.4) is 0 Å². The number of guanidine groups is 1. The van der Waals surface area contributed by atoms with E-state index in [1.54, 1.807) is 0 Å². The number of nitrogens with zero attached hydrogens (tertiary/aromatic N) is 3. The second-order valence-corrected chi connectivity index (χ2v) is 7.77. The zero-order valence-electron chi connectivity index (χ0n) is 15.9. The summed E-state index contributed by atoms with van der Waals surface area (Å²) in [7, 11) is 3.94. The molecule has 25 heavy (non-hydrogen) atoms. The quantitative estimate of drug-likeness (QED) is 0.659. The average molecular weight is 345 g/mol. The van der Waals surface area contributed by atoms with Gasteiger partial charge in [-0.25, -0.2) is 0 Å². The Morgan fingerprint density at radius 3 is 2.44 bits per heavy atom. The van der Waals surface area contributed by atoms with Crippen molar-refractivity contribution in [3.05, 3.63) is 29.8 Å². The number of nitrogens with one attached hydrogen (secondary N) is 1. The van der Waals surface area contributed by atoms with Gasteiger partial charge in [0.2, 0.25) is 0 Å². The summed E-state index contributed by atoms with van der Waals surface area (Å²) in [6.07, 6.45) is 4.00. The highest BCUT2D eigenvalue weighted by molar-refractivity contribution is 5.79. The smallest absolute Gasteiger partial charge is 0.193 e. The highest BCUT2D eigenvalue weighted by Gasteiger charge is 2.33. The largest absolute Gasteiger partial charge is 0.380 e. The van der Waals surface area contributed by atoms with Crippen LogP contribution in [-0.2, 0) is 11.3 Å². The molecule has 138 valence electrons. The lowest BCUT2D eigenvalue weighted by molar-refractivity contribution is -0.0972. The Balaban J connectivity index is 1.53. The Labute approximate surface area is 152 Å². The number of benzene rings is 1. The molecular formula is C20H32N4O. The summed E-state index contributed by atoms with van der Waals surface area (Å²) in [6, 6.07) is 9.01. The SMILES string of the molecule is CN=C(NCC1(C)COC1)N(C)Cc1ccc(N2CCCCC2)cc1. The first-order chi connectivity index (χ1) is 12.1. The Hall–Kier alpha value is -1.75. The first kappa shape index (κ1) is 18.1. The summed E-state index contributed by atoms with van der Waals surface area (Å²) in [6.45, 7) is 8.05. The molecule has 2 fully saturated rings. The van der Waals surface area contributed by atoms with Crippen LogP contribution in [0.25, 0.3) is 0 Å². The zero-order chi connectivity index (χ0) is 17.7. The highest BCUT2D eigenvalue weighted by Crippen LogP contribution is 2.25. The first-order valence-electron chi connectivity index (χ1n) is 9.43. The van der Waals surface area contributed by atoms with Gasteiger partial charge in [-0.3, -0.25) is 4.99 Å². The maximum absolute atomic E-state index is 5.32. The molecule has 0 amide bonds. The fourth-order valence-electron chi connectivity index (χ4n) is 3.54. The van der Waals surface area contributed by atoms with Crippen molar-refractivity contribution in [3.63, 3.8) is 0 Å². The van der Waals surface area contributed by atoms with E-state index in [0.29, 0.717) is 0 Å². The number of ether oxygens (including phenoxy) is 1. The number of piperidine rings is 1. The average Bonchev–Trinajstić information content (AvgIpc) is 2.62. The zero-order valence-corrected chi connectivity index (χ0v) is 15.9. The van der Waals surface area contributed by atoms with Crippen molar-refractivity contribution in [1.82, 2.24) is 10.2 Å². The molecule has 1 N–H and O–H groups in total. The van der Waals surface area contributed by atoms with Crippen LogP contribution in [0.1, 0.15) is 31.7 Å². The normalized spacial score (nSPS) is 20.1. The van der Waals surface area contributed by atoms with E-state index in [1.807, 2.05) is 7.05 Å². The Bertz CT molecular complexity index is 574. The van der Waals surface area contributed by atoms with E-state index in [9.17, 15) is 0 Å². The van der Waals surface area contributed by atoms with Gasteiger partial charge >= 0.3 is 0 Å². The molecule has 5 nitrogen and oxygen atoms in total. The van der Waals surface area contributed by atoms with Gasteiger partial charge in [0.05, 0.1) is 13.2 Å². The molecule has 0 atom stereocenters. The van der Waals surface area contributed by atoms with Gasteiger partial charge in [-0.15, -0.1) is 0 Å². The molecular weight excluding hydrogens is 312 g/mol. The number of hydrogen-bond acceptors (Lipinski definition) is 3. The summed E-state index contributed by atoms with van der Waals surface area (Å²) in [5.74, 6) is 0.938. The number of rotatable bonds is 5. The van der Waals surface area contributed by atoms with Crippen LogP contribution in [0.4, 0.5) is 5.69 Å². The van der Waals surface area contributed by atoms with Crippen molar-refractivity contribution >= 4 is 11.6 Å². The molecule has 0 spiro atoms. The van der Waals surface area contributed by atoms with E-state index < -0.39 is 0 Å². The molecule has 1 aromatic carbocycles. The fraction of sp³-hybridized carbons (Fsp3) is 0.650. The van der Waals surface area contributed by atoms with Crippen LogP contribution in [-0.4, -0.2) is 57.8 Å². The molecule has 0 radical (unpaired) electrons. The van der Waals surface area contributed by atoms with Gasteiger partial charge in [-0.1, -0.05) is 19.1 Å². The second kappa shape index (κ2) is 8.09. The van der Waals surface area contributed by atoms with Crippen LogP contribution in [0.5, 0.6) is 0 Å². The molecule has 1 aromatic rings. The van der Waals surface area contributed by atoms with Crippen molar-refractivity contribution in [2.24, 2.45) is 10.4 Å². The molecule has 5 heteroatoms. The molecule has 3 rings (SSSR count). The molecule has 0 unspecified atom stereocenters. The van der Waals surface area contributed by atoms with Gasteiger partial charge in [0, 0.05) is 51.4 Å². The van der Waals surface area contributed by atoms with Gasteiger partial charge in [0.1, 0.15) is 0 Å². The van der Waals surface area contributed by atoms with Gasteiger partial charge in [-0.2, -0.15) is 0 Å². The van der Waals surface area contributed by atoms with Crippen molar-refractivity contribution in [2.45, 2.75) is 32.7 Å². The van der Waals surface area contributed by atoms with Crippen LogP contribution in [0.2, 0.25) is 0 Å². The third kappa shape index (κ3) is 4.66.